The molecule has 8 heteroatoms. The molecule has 2 aromatic heterocycles. The van der Waals surface area contributed by atoms with Gasteiger partial charge in [0.15, 0.2) is 11.7 Å². The van der Waals surface area contributed by atoms with E-state index >= 15 is 0 Å². The van der Waals surface area contributed by atoms with Crippen LogP contribution in [-0.2, 0) is 0 Å². The van der Waals surface area contributed by atoms with E-state index < -0.39 is 5.91 Å². The zero-order valence-electron chi connectivity index (χ0n) is 9.49. The quantitative estimate of drug-likeness (QED) is 0.872. The number of carbonyl (C=O) groups excluding carboxylic acids is 1. The van der Waals surface area contributed by atoms with Crippen LogP contribution in [0.3, 0.4) is 0 Å². The summed E-state index contributed by atoms with van der Waals surface area (Å²) in [4.78, 5) is 24.1. The fourth-order valence-electron chi connectivity index (χ4n) is 1.34. The van der Waals surface area contributed by atoms with Gasteiger partial charge in [-0.2, -0.15) is 0 Å². The van der Waals surface area contributed by atoms with Gasteiger partial charge in [0, 0.05) is 6.92 Å². The Morgan fingerprint density at radius 2 is 2.06 bits per heavy atom. The highest BCUT2D eigenvalue weighted by molar-refractivity contribution is 9.11. The SMILES string of the molecule is Cc1nc(C)c(C(=O)Nc2ncc(Br)nc2Br)o1. The predicted octanol–water partition coefficient (Wildman–Crippen LogP) is 2.86. The summed E-state index contributed by atoms with van der Waals surface area (Å²) in [5.41, 5.74) is 0.534. The molecule has 0 unspecified atom stereocenters. The topological polar surface area (TPSA) is 80.9 Å². The first-order valence-electron chi connectivity index (χ1n) is 4.91. The summed E-state index contributed by atoms with van der Waals surface area (Å²) >= 11 is 6.38. The molecule has 0 saturated carbocycles. The molecule has 0 aromatic carbocycles. The summed E-state index contributed by atoms with van der Waals surface area (Å²) < 4.78 is 6.21. The monoisotopic (exact) mass is 374 g/mol. The number of amides is 1. The van der Waals surface area contributed by atoms with Gasteiger partial charge in [-0.15, -0.1) is 0 Å². The highest BCUT2D eigenvalue weighted by atomic mass is 79.9. The standard InChI is InChI=1S/C10H8Br2N4O2/c1-4-7(18-5(2)14-4)10(17)16-9-8(12)15-6(11)3-13-9/h3H,1-2H3,(H,13,16,17). The van der Waals surface area contributed by atoms with E-state index in [1.807, 2.05) is 0 Å². The Kier molecular flexibility index (Phi) is 3.76. The van der Waals surface area contributed by atoms with Crippen molar-refractivity contribution < 1.29 is 9.21 Å². The summed E-state index contributed by atoms with van der Waals surface area (Å²) in [6, 6.07) is 0. The van der Waals surface area contributed by atoms with Crippen molar-refractivity contribution in [2.75, 3.05) is 5.32 Å². The first-order valence-corrected chi connectivity index (χ1v) is 6.49. The zero-order valence-corrected chi connectivity index (χ0v) is 12.7. The third-order valence-corrected chi connectivity index (χ3v) is 2.98. The van der Waals surface area contributed by atoms with Gasteiger partial charge in [-0.3, -0.25) is 4.79 Å². The Labute approximate surface area is 119 Å². The number of rotatable bonds is 2. The van der Waals surface area contributed by atoms with Crippen molar-refractivity contribution in [2.24, 2.45) is 0 Å². The first-order chi connectivity index (χ1) is 8.47. The maximum atomic E-state index is 11.9. The van der Waals surface area contributed by atoms with E-state index in [1.54, 1.807) is 13.8 Å². The molecule has 0 aliphatic heterocycles. The molecule has 1 amide bonds. The second-order valence-electron chi connectivity index (χ2n) is 3.43. The molecule has 0 spiro atoms. The Bertz CT molecular complexity index is 612. The number of nitrogens with zero attached hydrogens (tertiary/aromatic N) is 3. The molecular formula is C10H8Br2N4O2. The molecule has 2 rings (SSSR count). The summed E-state index contributed by atoms with van der Waals surface area (Å²) in [6.07, 6.45) is 1.48. The predicted molar refractivity (Wildman–Crippen MR) is 71.4 cm³/mol. The van der Waals surface area contributed by atoms with E-state index in [9.17, 15) is 4.79 Å². The third kappa shape index (κ3) is 2.75. The second-order valence-corrected chi connectivity index (χ2v) is 5.00. The van der Waals surface area contributed by atoms with Crippen molar-refractivity contribution in [1.29, 1.82) is 0 Å². The minimum Gasteiger partial charge on any atom is -0.436 e. The van der Waals surface area contributed by atoms with Crippen LogP contribution in [0.2, 0.25) is 0 Å². The first kappa shape index (κ1) is 13.2. The lowest BCUT2D eigenvalue weighted by Crippen LogP contribution is -2.14. The number of hydrogen-bond acceptors (Lipinski definition) is 5. The van der Waals surface area contributed by atoms with Crippen LogP contribution in [0.4, 0.5) is 5.82 Å². The number of hydrogen-bond donors (Lipinski definition) is 1. The molecule has 18 heavy (non-hydrogen) atoms. The van der Waals surface area contributed by atoms with E-state index in [0.717, 1.165) is 0 Å². The van der Waals surface area contributed by atoms with Crippen molar-refractivity contribution >= 4 is 43.6 Å². The van der Waals surface area contributed by atoms with Crippen molar-refractivity contribution in [2.45, 2.75) is 13.8 Å². The third-order valence-electron chi connectivity index (χ3n) is 2.04. The van der Waals surface area contributed by atoms with Crippen LogP contribution >= 0.6 is 31.9 Å². The van der Waals surface area contributed by atoms with Crippen molar-refractivity contribution in [3.63, 3.8) is 0 Å². The fraction of sp³-hybridized carbons (Fsp3) is 0.200. The molecule has 0 saturated heterocycles. The highest BCUT2D eigenvalue weighted by Crippen LogP contribution is 2.20. The van der Waals surface area contributed by atoms with Crippen LogP contribution in [0.15, 0.2) is 19.8 Å². The molecule has 0 aliphatic rings. The van der Waals surface area contributed by atoms with Gasteiger partial charge in [0.2, 0.25) is 5.76 Å². The van der Waals surface area contributed by atoms with Crippen molar-refractivity contribution in [3.8, 4) is 0 Å². The smallest absolute Gasteiger partial charge is 0.294 e. The van der Waals surface area contributed by atoms with Crippen LogP contribution in [0.25, 0.3) is 0 Å². The molecule has 0 radical (unpaired) electrons. The van der Waals surface area contributed by atoms with Crippen molar-refractivity contribution in [3.05, 3.63) is 32.7 Å². The normalized spacial score (nSPS) is 10.4. The number of aryl methyl sites for hydroxylation is 2. The van der Waals surface area contributed by atoms with Gasteiger partial charge in [-0.25, -0.2) is 15.0 Å². The number of nitrogens with one attached hydrogen (secondary N) is 1. The van der Waals surface area contributed by atoms with E-state index in [0.29, 0.717) is 26.6 Å². The van der Waals surface area contributed by atoms with Crippen LogP contribution in [-0.4, -0.2) is 20.9 Å². The molecule has 6 nitrogen and oxygen atoms in total. The minimum absolute atomic E-state index is 0.170. The van der Waals surface area contributed by atoms with Crippen LogP contribution in [0.1, 0.15) is 22.1 Å². The lowest BCUT2D eigenvalue weighted by molar-refractivity contribution is 0.0994. The van der Waals surface area contributed by atoms with Gasteiger partial charge in [0.1, 0.15) is 9.21 Å². The average molecular weight is 376 g/mol. The van der Waals surface area contributed by atoms with Gasteiger partial charge in [0.25, 0.3) is 5.91 Å². The van der Waals surface area contributed by atoms with Crippen LogP contribution < -0.4 is 5.32 Å². The minimum atomic E-state index is -0.412. The van der Waals surface area contributed by atoms with Gasteiger partial charge in [-0.05, 0) is 38.8 Å². The number of anilines is 1. The zero-order chi connectivity index (χ0) is 13.3. The van der Waals surface area contributed by atoms with Gasteiger partial charge >= 0.3 is 0 Å². The Hall–Kier alpha value is -1.28. The fourth-order valence-corrected chi connectivity index (χ4v) is 2.25. The molecular weight excluding hydrogens is 368 g/mol. The largest absolute Gasteiger partial charge is 0.436 e. The van der Waals surface area contributed by atoms with Gasteiger partial charge < -0.3 is 9.73 Å². The van der Waals surface area contributed by atoms with E-state index in [2.05, 4.69) is 52.1 Å². The summed E-state index contributed by atoms with van der Waals surface area (Å²) in [7, 11) is 0. The van der Waals surface area contributed by atoms with Gasteiger partial charge in [-0.1, -0.05) is 0 Å². The molecule has 94 valence electrons. The van der Waals surface area contributed by atoms with Crippen molar-refractivity contribution in [1.82, 2.24) is 15.0 Å². The van der Waals surface area contributed by atoms with Crippen LogP contribution in [0.5, 0.6) is 0 Å². The molecule has 0 atom stereocenters. The number of oxazole rings is 1. The molecule has 1 N–H and O–H groups in total. The Morgan fingerprint density at radius 1 is 1.33 bits per heavy atom. The summed E-state index contributed by atoms with van der Waals surface area (Å²) in [5, 5.41) is 2.59. The maximum Gasteiger partial charge on any atom is 0.294 e. The van der Waals surface area contributed by atoms with E-state index in [-0.39, 0.29) is 5.76 Å². The molecule has 0 aliphatic carbocycles. The molecule has 2 heterocycles. The number of halogens is 2. The number of carbonyl (C=O) groups is 1. The van der Waals surface area contributed by atoms with Gasteiger partial charge in [0.05, 0.1) is 11.9 Å². The highest BCUT2D eigenvalue weighted by Gasteiger charge is 2.17. The maximum absolute atomic E-state index is 11.9. The second kappa shape index (κ2) is 5.15. The lowest BCUT2D eigenvalue weighted by Gasteiger charge is -2.04. The Morgan fingerprint density at radius 3 is 2.61 bits per heavy atom. The molecule has 0 bridgehead atoms. The summed E-state index contributed by atoms with van der Waals surface area (Å²) in [6.45, 7) is 3.38. The average Bonchev–Trinajstić information content (AvgIpc) is 2.62. The number of aromatic nitrogens is 3. The Balaban J connectivity index is 2.24. The molecule has 2 aromatic rings. The lowest BCUT2D eigenvalue weighted by atomic mass is 10.3. The van der Waals surface area contributed by atoms with E-state index in [1.165, 1.54) is 6.20 Å². The summed E-state index contributed by atoms with van der Waals surface area (Å²) in [5.74, 6) is 0.518. The molecule has 0 fully saturated rings. The van der Waals surface area contributed by atoms with E-state index in [4.69, 9.17) is 4.42 Å². The van der Waals surface area contributed by atoms with Crippen LogP contribution in [0, 0.1) is 13.8 Å².